The minimum atomic E-state index is -1.53. The van der Waals surface area contributed by atoms with E-state index in [4.69, 9.17) is 18.9 Å². The summed E-state index contributed by atoms with van der Waals surface area (Å²) in [6.07, 6.45) is 21.2. The third kappa shape index (κ3) is 21.9. The van der Waals surface area contributed by atoms with Crippen LogP contribution in [-0.4, -0.2) is 89.6 Å². The Labute approximate surface area is 281 Å². The molecule has 0 aromatic heterocycles. The SMILES string of the molecule is CCCCCCCCCCCCCCOCC(COC1OC(CO)C(O)C(O)C1O)OC(=O)CCCCCCCCCCCCC. The van der Waals surface area contributed by atoms with Crippen LogP contribution in [0.3, 0.4) is 0 Å². The lowest BCUT2D eigenvalue weighted by atomic mass is 9.99. The molecule has 1 aliphatic heterocycles. The minimum absolute atomic E-state index is 0.106. The Morgan fingerprint density at radius 2 is 1.07 bits per heavy atom. The van der Waals surface area contributed by atoms with E-state index in [0.29, 0.717) is 13.0 Å². The van der Waals surface area contributed by atoms with Crippen molar-refractivity contribution >= 4 is 5.97 Å². The van der Waals surface area contributed by atoms with E-state index in [9.17, 15) is 25.2 Å². The molecule has 1 rings (SSSR count). The molecule has 46 heavy (non-hydrogen) atoms. The topological polar surface area (TPSA) is 135 Å². The van der Waals surface area contributed by atoms with Crippen molar-refractivity contribution in [3.05, 3.63) is 0 Å². The molecular formula is C37H72O9. The maximum absolute atomic E-state index is 12.7. The van der Waals surface area contributed by atoms with Crippen molar-refractivity contribution < 1.29 is 44.2 Å². The molecule has 1 saturated heterocycles. The van der Waals surface area contributed by atoms with Crippen molar-refractivity contribution in [1.82, 2.24) is 0 Å². The first kappa shape index (κ1) is 43.2. The number of aliphatic hydroxyl groups excluding tert-OH is 4. The number of unbranched alkanes of at least 4 members (excludes halogenated alkanes) is 21. The molecule has 9 nitrogen and oxygen atoms in total. The summed E-state index contributed by atoms with van der Waals surface area (Å²) >= 11 is 0. The van der Waals surface area contributed by atoms with Crippen molar-refractivity contribution in [2.24, 2.45) is 0 Å². The maximum atomic E-state index is 12.7. The van der Waals surface area contributed by atoms with E-state index in [2.05, 4.69) is 13.8 Å². The van der Waals surface area contributed by atoms with Crippen LogP contribution in [0.1, 0.15) is 168 Å². The first-order chi connectivity index (χ1) is 22.4. The summed E-state index contributed by atoms with van der Waals surface area (Å²) in [5, 5.41) is 39.9. The number of esters is 1. The second-order valence-electron chi connectivity index (χ2n) is 13.4. The van der Waals surface area contributed by atoms with Gasteiger partial charge in [0.2, 0.25) is 0 Å². The summed E-state index contributed by atoms with van der Waals surface area (Å²) in [5.41, 5.74) is 0. The van der Waals surface area contributed by atoms with E-state index in [1.807, 2.05) is 0 Å². The molecule has 1 aliphatic rings. The molecule has 1 fully saturated rings. The van der Waals surface area contributed by atoms with Crippen molar-refractivity contribution in [3.63, 3.8) is 0 Å². The second-order valence-corrected chi connectivity index (χ2v) is 13.4. The summed E-state index contributed by atoms with van der Waals surface area (Å²) in [7, 11) is 0. The highest BCUT2D eigenvalue weighted by atomic mass is 16.7. The number of rotatable bonds is 32. The van der Waals surface area contributed by atoms with Crippen LogP contribution in [0.15, 0.2) is 0 Å². The van der Waals surface area contributed by atoms with Gasteiger partial charge in [0.15, 0.2) is 6.29 Å². The molecule has 9 heteroatoms. The highest BCUT2D eigenvalue weighted by Crippen LogP contribution is 2.22. The van der Waals surface area contributed by atoms with Crippen molar-refractivity contribution in [2.75, 3.05) is 26.4 Å². The van der Waals surface area contributed by atoms with Gasteiger partial charge in [0.25, 0.3) is 0 Å². The first-order valence-electron chi connectivity index (χ1n) is 19.1. The van der Waals surface area contributed by atoms with Gasteiger partial charge in [-0.25, -0.2) is 0 Å². The van der Waals surface area contributed by atoms with Crippen LogP contribution >= 0.6 is 0 Å². The van der Waals surface area contributed by atoms with Gasteiger partial charge < -0.3 is 39.4 Å². The van der Waals surface area contributed by atoms with E-state index in [1.165, 1.54) is 116 Å². The first-order valence-corrected chi connectivity index (χ1v) is 19.1. The number of aliphatic hydroxyl groups is 4. The van der Waals surface area contributed by atoms with Gasteiger partial charge in [0.05, 0.1) is 19.8 Å². The number of carbonyl (C=O) groups excluding carboxylic acids is 1. The molecule has 0 amide bonds. The van der Waals surface area contributed by atoms with Crippen LogP contribution < -0.4 is 0 Å². The lowest BCUT2D eigenvalue weighted by molar-refractivity contribution is -0.305. The zero-order valence-electron chi connectivity index (χ0n) is 29.6. The van der Waals surface area contributed by atoms with Gasteiger partial charge in [-0.3, -0.25) is 4.79 Å². The third-order valence-electron chi connectivity index (χ3n) is 9.02. The Balaban J connectivity index is 2.33. The predicted octanol–water partition coefficient (Wildman–Crippen LogP) is 7.13. The summed E-state index contributed by atoms with van der Waals surface area (Å²) in [4.78, 5) is 12.7. The molecule has 0 aromatic rings. The Bertz CT molecular complexity index is 677. The number of carbonyl (C=O) groups is 1. The molecule has 6 unspecified atom stereocenters. The van der Waals surface area contributed by atoms with Gasteiger partial charge >= 0.3 is 5.97 Å². The normalized spacial score (nSPS) is 22.3. The summed E-state index contributed by atoms with van der Waals surface area (Å²) in [5.74, 6) is -0.313. The average molecular weight is 661 g/mol. The molecule has 4 N–H and O–H groups in total. The van der Waals surface area contributed by atoms with Gasteiger partial charge in [-0.2, -0.15) is 0 Å². The predicted molar refractivity (Wildman–Crippen MR) is 183 cm³/mol. The maximum Gasteiger partial charge on any atom is 0.306 e. The Kier molecular flexibility index (Phi) is 28.4. The van der Waals surface area contributed by atoms with E-state index in [-0.39, 0.29) is 19.2 Å². The van der Waals surface area contributed by atoms with Gasteiger partial charge in [-0.15, -0.1) is 0 Å². The van der Waals surface area contributed by atoms with E-state index < -0.39 is 43.4 Å². The van der Waals surface area contributed by atoms with Crippen LogP contribution in [-0.2, 0) is 23.7 Å². The Hall–Kier alpha value is -0.810. The smallest absolute Gasteiger partial charge is 0.306 e. The summed E-state index contributed by atoms with van der Waals surface area (Å²) in [6, 6.07) is 0. The molecule has 0 saturated carbocycles. The van der Waals surface area contributed by atoms with Gasteiger partial charge in [0.1, 0.15) is 30.5 Å². The van der Waals surface area contributed by atoms with Gasteiger partial charge in [0, 0.05) is 13.0 Å². The van der Waals surface area contributed by atoms with Crippen molar-refractivity contribution in [3.8, 4) is 0 Å². The minimum Gasteiger partial charge on any atom is -0.457 e. The van der Waals surface area contributed by atoms with Crippen LogP contribution in [0.2, 0.25) is 0 Å². The van der Waals surface area contributed by atoms with Crippen LogP contribution in [0.4, 0.5) is 0 Å². The standard InChI is InChI=1S/C37H72O9/c1-3-5-7-9-11-13-15-17-19-21-23-25-27-43-29-31(30-44-37-36(42)35(41)34(40)32(28-38)46-37)45-33(39)26-24-22-20-18-16-14-12-10-8-6-4-2/h31-32,34-38,40-42H,3-30H2,1-2H3. The second kappa shape index (κ2) is 30.3. The molecule has 0 aliphatic carbocycles. The van der Waals surface area contributed by atoms with Gasteiger partial charge in [-0.1, -0.05) is 149 Å². The van der Waals surface area contributed by atoms with Crippen molar-refractivity contribution in [1.29, 1.82) is 0 Å². The summed E-state index contributed by atoms with van der Waals surface area (Å²) in [6.45, 7) is 4.56. The lowest BCUT2D eigenvalue weighted by Crippen LogP contribution is -2.59. The van der Waals surface area contributed by atoms with Crippen LogP contribution in [0, 0.1) is 0 Å². The zero-order chi connectivity index (χ0) is 33.7. The van der Waals surface area contributed by atoms with E-state index >= 15 is 0 Å². The third-order valence-corrected chi connectivity index (χ3v) is 9.02. The fourth-order valence-electron chi connectivity index (χ4n) is 5.96. The molecule has 274 valence electrons. The van der Waals surface area contributed by atoms with E-state index in [0.717, 1.165) is 32.1 Å². The summed E-state index contributed by atoms with van der Waals surface area (Å²) < 4.78 is 22.7. The number of hydrogen-bond acceptors (Lipinski definition) is 9. The van der Waals surface area contributed by atoms with Crippen LogP contribution in [0.25, 0.3) is 0 Å². The Morgan fingerprint density at radius 3 is 1.54 bits per heavy atom. The van der Waals surface area contributed by atoms with Gasteiger partial charge in [-0.05, 0) is 12.8 Å². The average Bonchev–Trinajstić information content (AvgIpc) is 3.05. The molecule has 6 atom stereocenters. The lowest BCUT2D eigenvalue weighted by Gasteiger charge is -2.39. The van der Waals surface area contributed by atoms with E-state index in [1.54, 1.807) is 0 Å². The fourth-order valence-corrected chi connectivity index (χ4v) is 5.96. The molecule has 0 spiro atoms. The fraction of sp³-hybridized carbons (Fsp3) is 0.973. The highest BCUT2D eigenvalue weighted by molar-refractivity contribution is 5.69. The van der Waals surface area contributed by atoms with Crippen molar-refractivity contribution in [2.45, 2.75) is 205 Å². The largest absolute Gasteiger partial charge is 0.457 e. The molecule has 0 bridgehead atoms. The molecule has 1 heterocycles. The molecular weight excluding hydrogens is 588 g/mol. The highest BCUT2D eigenvalue weighted by Gasteiger charge is 2.44. The number of ether oxygens (including phenoxy) is 4. The van der Waals surface area contributed by atoms with Crippen LogP contribution in [0.5, 0.6) is 0 Å². The monoisotopic (exact) mass is 661 g/mol. The Morgan fingerprint density at radius 1 is 0.609 bits per heavy atom. The zero-order valence-corrected chi connectivity index (χ0v) is 29.6. The quantitative estimate of drug-likeness (QED) is 0.0439. The molecule has 0 aromatic carbocycles. The number of hydrogen-bond donors (Lipinski definition) is 4. The molecule has 0 radical (unpaired) electrons.